The van der Waals surface area contributed by atoms with E-state index in [0.29, 0.717) is 22.0 Å². The van der Waals surface area contributed by atoms with Crippen molar-refractivity contribution in [2.24, 2.45) is 0 Å². The molecule has 0 atom stereocenters. The first-order chi connectivity index (χ1) is 10.5. The number of nitrogens with zero attached hydrogens (tertiary/aromatic N) is 2. The molecule has 0 amide bonds. The number of rotatable bonds is 3. The number of halogens is 1. The summed E-state index contributed by atoms with van der Waals surface area (Å²) < 4.78 is 6.46. The van der Waals surface area contributed by atoms with Crippen LogP contribution in [0.4, 0.5) is 5.69 Å². The lowest BCUT2D eigenvalue weighted by Crippen LogP contribution is -1.96. The lowest BCUT2D eigenvalue weighted by atomic mass is 10.1. The van der Waals surface area contributed by atoms with E-state index in [4.69, 9.17) is 16.1 Å². The van der Waals surface area contributed by atoms with Crippen molar-refractivity contribution in [2.75, 3.05) is 0 Å². The number of aromatic nitrogens is 1. The molecular weight excluding hydrogens is 308 g/mol. The summed E-state index contributed by atoms with van der Waals surface area (Å²) in [6.45, 7) is 0. The molecule has 0 aliphatic heterocycles. The van der Waals surface area contributed by atoms with Gasteiger partial charge in [0.15, 0.2) is 0 Å². The van der Waals surface area contributed by atoms with Gasteiger partial charge in [0.25, 0.3) is 5.69 Å². The Morgan fingerprint density at radius 3 is 2.50 bits per heavy atom. The molecule has 0 bridgehead atoms. The molecule has 0 saturated carbocycles. The van der Waals surface area contributed by atoms with Crippen LogP contribution < -0.4 is 5.63 Å². The second-order valence-corrected chi connectivity index (χ2v) is 4.95. The highest BCUT2D eigenvalue weighted by molar-refractivity contribution is 6.30. The topological polar surface area (TPSA) is 78.3 Å². The van der Waals surface area contributed by atoms with Crippen LogP contribution in [0.15, 0.2) is 63.9 Å². The average Bonchev–Trinajstić information content (AvgIpc) is 2.90. The van der Waals surface area contributed by atoms with Crippen molar-refractivity contribution in [3.05, 3.63) is 80.2 Å². The first kappa shape index (κ1) is 14.1. The maximum absolute atomic E-state index is 11.6. The molecule has 22 heavy (non-hydrogen) atoms. The second kappa shape index (κ2) is 5.50. The van der Waals surface area contributed by atoms with Gasteiger partial charge < -0.3 is 4.52 Å². The molecule has 0 N–H and O–H groups in total. The van der Waals surface area contributed by atoms with E-state index < -0.39 is 10.5 Å². The van der Waals surface area contributed by atoms with Crippen LogP contribution in [0, 0.1) is 10.1 Å². The summed E-state index contributed by atoms with van der Waals surface area (Å²) in [6.07, 6.45) is 0. The summed E-state index contributed by atoms with van der Waals surface area (Å²) in [5.74, 6) is 0. The Hall–Kier alpha value is -2.86. The van der Waals surface area contributed by atoms with E-state index in [9.17, 15) is 14.9 Å². The molecule has 3 aromatic rings. The van der Waals surface area contributed by atoms with Gasteiger partial charge in [0.1, 0.15) is 0 Å². The number of nitro groups is 1. The van der Waals surface area contributed by atoms with Gasteiger partial charge in [-0.05, 0) is 24.3 Å². The second-order valence-electron chi connectivity index (χ2n) is 4.52. The standard InChI is InChI=1S/C15H9ClN2O4/c16-11-4-6-12(7-5-11)17-14(9-15(19)22-17)10-2-1-3-13(8-10)18(20)21/h1-9H. The molecule has 3 rings (SSSR count). The van der Waals surface area contributed by atoms with Gasteiger partial charge in [-0.25, -0.2) is 4.79 Å². The molecule has 110 valence electrons. The minimum Gasteiger partial charge on any atom is -0.331 e. The minimum atomic E-state index is -0.545. The van der Waals surface area contributed by atoms with Crippen LogP contribution in [0.25, 0.3) is 16.9 Å². The summed E-state index contributed by atoms with van der Waals surface area (Å²) in [5, 5.41) is 11.4. The van der Waals surface area contributed by atoms with Gasteiger partial charge in [-0.15, -0.1) is 0 Å². The van der Waals surface area contributed by atoms with Crippen molar-refractivity contribution in [2.45, 2.75) is 0 Å². The number of hydrogen-bond acceptors (Lipinski definition) is 4. The molecule has 2 aromatic carbocycles. The van der Waals surface area contributed by atoms with Crippen LogP contribution >= 0.6 is 11.6 Å². The van der Waals surface area contributed by atoms with Gasteiger partial charge in [0.2, 0.25) is 0 Å². The van der Waals surface area contributed by atoms with E-state index in [1.165, 1.54) is 22.9 Å². The molecule has 1 heterocycles. The Bertz CT molecular complexity index is 896. The maximum Gasteiger partial charge on any atom is 0.358 e. The SMILES string of the molecule is O=c1cc(-c2cccc([N+](=O)[O-])c2)n(-c2ccc(Cl)cc2)o1. The smallest absolute Gasteiger partial charge is 0.331 e. The molecule has 0 unspecified atom stereocenters. The van der Waals surface area contributed by atoms with Crippen molar-refractivity contribution in [3.63, 3.8) is 0 Å². The third-order valence-electron chi connectivity index (χ3n) is 3.07. The quantitative estimate of drug-likeness (QED) is 0.545. The van der Waals surface area contributed by atoms with Crippen molar-refractivity contribution in [3.8, 4) is 16.9 Å². The Balaban J connectivity index is 2.16. The van der Waals surface area contributed by atoms with Gasteiger partial charge in [-0.1, -0.05) is 23.7 Å². The third-order valence-corrected chi connectivity index (χ3v) is 3.32. The third kappa shape index (κ3) is 2.64. The molecule has 6 nitrogen and oxygen atoms in total. The molecule has 7 heteroatoms. The van der Waals surface area contributed by atoms with E-state index in [-0.39, 0.29) is 5.69 Å². The molecular formula is C15H9ClN2O4. The lowest BCUT2D eigenvalue weighted by molar-refractivity contribution is -0.384. The van der Waals surface area contributed by atoms with Gasteiger partial charge >= 0.3 is 5.63 Å². The van der Waals surface area contributed by atoms with Gasteiger partial charge in [0, 0.05) is 22.7 Å². The van der Waals surface area contributed by atoms with Crippen molar-refractivity contribution >= 4 is 17.3 Å². The molecule has 0 radical (unpaired) electrons. The van der Waals surface area contributed by atoms with E-state index in [1.54, 1.807) is 36.4 Å². The Kier molecular flexibility index (Phi) is 3.52. The predicted octanol–water partition coefficient (Wildman–Crippen LogP) is 3.66. The van der Waals surface area contributed by atoms with Crippen LogP contribution in [0.2, 0.25) is 5.02 Å². The number of nitro benzene ring substituents is 1. The molecule has 0 saturated heterocycles. The fraction of sp³-hybridized carbons (Fsp3) is 0. The zero-order valence-corrected chi connectivity index (χ0v) is 11.9. The first-order valence-electron chi connectivity index (χ1n) is 6.29. The number of benzene rings is 2. The van der Waals surface area contributed by atoms with Crippen molar-refractivity contribution < 1.29 is 9.45 Å². The Morgan fingerprint density at radius 1 is 1.09 bits per heavy atom. The normalized spacial score (nSPS) is 10.6. The fourth-order valence-electron chi connectivity index (χ4n) is 2.08. The molecule has 0 spiro atoms. The summed E-state index contributed by atoms with van der Waals surface area (Å²) in [4.78, 5) is 22.0. The van der Waals surface area contributed by atoms with E-state index in [2.05, 4.69) is 0 Å². The first-order valence-corrected chi connectivity index (χ1v) is 6.66. The van der Waals surface area contributed by atoms with E-state index in [1.807, 2.05) is 0 Å². The summed E-state index contributed by atoms with van der Waals surface area (Å²) in [5.41, 5.74) is 0.921. The molecule has 0 aliphatic rings. The molecule has 1 aromatic heterocycles. The van der Waals surface area contributed by atoms with Crippen LogP contribution in [0.5, 0.6) is 0 Å². The van der Waals surface area contributed by atoms with Gasteiger partial charge in [0.05, 0.1) is 22.4 Å². The van der Waals surface area contributed by atoms with Crippen LogP contribution in [-0.4, -0.2) is 9.66 Å². The van der Waals surface area contributed by atoms with Crippen LogP contribution in [0.1, 0.15) is 0 Å². The van der Waals surface area contributed by atoms with Crippen LogP contribution in [-0.2, 0) is 0 Å². The Labute approximate surface area is 129 Å². The lowest BCUT2D eigenvalue weighted by Gasteiger charge is -2.06. The average molecular weight is 317 g/mol. The van der Waals surface area contributed by atoms with Crippen molar-refractivity contribution in [1.29, 1.82) is 0 Å². The van der Waals surface area contributed by atoms with Gasteiger partial charge in [-0.2, -0.15) is 4.74 Å². The highest BCUT2D eigenvalue weighted by atomic mass is 35.5. The van der Waals surface area contributed by atoms with E-state index >= 15 is 0 Å². The molecule has 0 fully saturated rings. The summed E-state index contributed by atoms with van der Waals surface area (Å²) in [6, 6.07) is 14.0. The van der Waals surface area contributed by atoms with E-state index in [0.717, 1.165) is 0 Å². The zero-order chi connectivity index (χ0) is 15.7. The monoisotopic (exact) mass is 316 g/mol. The highest BCUT2D eigenvalue weighted by Crippen LogP contribution is 2.26. The number of hydrogen-bond donors (Lipinski definition) is 0. The molecule has 0 aliphatic carbocycles. The fourth-order valence-corrected chi connectivity index (χ4v) is 2.21. The Morgan fingerprint density at radius 2 is 1.82 bits per heavy atom. The summed E-state index contributed by atoms with van der Waals surface area (Å²) in [7, 11) is 0. The van der Waals surface area contributed by atoms with Gasteiger partial charge in [-0.3, -0.25) is 10.1 Å². The largest absolute Gasteiger partial charge is 0.358 e. The predicted molar refractivity (Wildman–Crippen MR) is 81.4 cm³/mol. The minimum absolute atomic E-state index is 0.0613. The maximum atomic E-state index is 11.6. The zero-order valence-electron chi connectivity index (χ0n) is 11.1. The summed E-state index contributed by atoms with van der Waals surface area (Å²) >= 11 is 5.84. The van der Waals surface area contributed by atoms with Crippen LogP contribution in [0.3, 0.4) is 0 Å². The number of non-ortho nitro benzene ring substituents is 1. The van der Waals surface area contributed by atoms with Crippen molar-refractivity contribution in [1.82, 2.24) is 4.74 Å². The highest BCUT2D eigenvalue weighted by Gasteiger charge is 2.14.